The minimum atomic E-state index is 0. The zero-order chi connectivity index (χ0) is 44.2. The third-order valence-electron chi connectivity index (χ3n) is 12.9. The van der Waals surface area contributed by atoms with Crippen LogP contribution in [0.5, 0.6) is 0 Å². The van der Waals surface area contributed by atoms with E-state index >= 15 is 0 Å². The van der Waals surface area contributed by atoms with Gasteiger partial charge < -0.3 is 25.9 Å². The number of pyridine rings is 2. The molecule has 4 aromatic heterocycles. The first kappa shape index (κ1) is 56.3. The van der Waals surface area contributed by atoms with Crippen molar-refractivity contribution in [1.82, 2.24) is 59.6 Å². The largest absolute Gasteiger partial charge is 0.412 e. The van der Waals surface area contributed by atoms with Crippen LogP contribution < -0.4 is 31.8 Å². The number of halogens is 4. The summed E-state index contributed by atoms with van der Waals surface area (Å²) in [6.45, 7) is 14.2. The van der Waals surface area contributed by atoms with Crippen molar-refractivity contribution in [3.8, 4) is 0 Å². The molecule has 2 atom stereocenters. The van der Waals surface area contributed by atoms with Crippen molar-refractivity contribution in [3.05, 3.63) is 141 Å². The molecule has 0 bridgehead atoms. The van der Waals surface area contributed by atoms with Crippen molar-refractivity contribution in [2.24, 2.45) is 0 Å². The van der Waals surface area contributed by atoms with E-state index in [4.69, 9.17) is 30.4 Å². The summed E-state index contributed by atoms with van der Waals surface area (Å²) >= 11 is 0. The molecule has 0 spiro atoms. The van der Waals surface area contributed by atoms with Crippen LogP contribution in [0.1, 0.15) is 75.1 Å². The Balaban J connectivity index is 0.000000280. The minimum absolute atomic E-state index is 0. The summed E-state index contributed by atoms with van der Waals surface area (Å²) in [6, 6.07) is 31.0. The topological polar surface area (TPSA) is 156 Å². The van der Waals surface area contributed by atoms with Gasteiger partial charge in [0, 0.05) is 86.6 Å². The second kappa shape index (κ2) is 25.6. The van der Waals surface area contributed by atoms with E-state index < -0.39 is 0 Å². The van der Waals surface area contributed by atoms with Gasteiger partial charge in [0.2, 0.25) is 0 Å². The Labute approximate surface area is 430 Å². The standard InChI is InChI=1S/2C25H31N7.4ClH.H2O/c2*1-18(2)32-28-23-24(22-20(10-7-13-26-22)16-27-25(23)29-32)31-15-14-30(3)21(17-31)12-11-19-8-5-4-6-9-19;;;;;/h2*4-10,13,16,18,21H,11-12,14-15,17H2,1-3H3,(H,27,29);4*1H;1H2. The number of anilines is 2. The van der Waals surface area contributed by atoms with Gasteiger partial charge in [0.25, 0.3) is 0 Å². The minimum Gasteiger partial charge on any atom is -0.412 e. The number of hydrogen-bond donors (Lipinski definition) is 2. The lowest BCUT2D eigenvalue weighted by molar-refractivity contribution is 0.127. The molecule has 2 fully saturated rings. The lowest BCUT2D eigenvalue weighted by Crippen LogP contribution is -2.52. The Morgan fingerprint density at radius 2 is 0.913 bits per heavy atom. The van der Waals surface area contributed by atoms with Crippen molar-refractivity contribution >= 4 is 85.1 Å². The average molecular weight is 1020 g/mol. The van der Waals surface area contributed by atoms with Gasteiger partial charge in [0.1, 0.15) is 0 Å². The van der Waals surface area contributed by atoms with E-state index in [0.717, 1.165) is 121 Å². The Kier molecular flexibility index (Phi) is 20.9. The molecule has 19 heteroatoms. The smallest absolute Gasteiger partial charge is 0.182 e. The van der Waals surface area contributed by atoms with Crippen LogP contribution in [-0.4, -0.2) is 130 Å². The second-order valence-electron chi connectivity index (χ2n) is 18.0. The Morgan fingerprint density at radius 1 is 0.522 bits per heavy atom. The Hall–Kier alpha value is -5.26. The van der Waals surface area contributed by atoms with Gasteiger partial charge in [-0.15, -0.1) is 70.0 Å². The fourth-order valence-corrected chi connectivity index (χ4v) is 9.08. The maximum absolute atomic E-state index is 4.89. The van der Waals surface area contributed by atoms with Gasteiger partial charge in [-0.1, -0.05) is 60.7 Å². The first-order valence-electron chi connectivity index (χ1n) is 23.0. The monoisotopic (exact) mass is 1020 g/mol. The number of nitrogens with zero attached hydrogens (tertiary/aromatic N) is 12. The van der Waals surface area contributed by atoms with Crippen LogP contribution in [0, 0.1) is 0 Å². The fourth-order valence-electron chi connectivity index (χ4n) is 9.08. The van der Waals surface area contributed by atoms with E-state index in [0.29, 0.717) is 12.1 Å². The molecule has 8 heterocycles. The molecule has 0 aliphatic carbocycles. The van der Waals surface area contributed by atoms with Crippen molar-refractivity contribution in [1.29, 1.82) is 0 Å². The molecule has 4 N–H and O–H groups in total. The molecule has 6 aromatic rings. The number of aromatic nitrogens is 8. The lowest BCUT2D eigenvalue weighted by Gasteiger charge is -2.41. The predicted molar refractivity (Wildman–Crippen MR) is 287 cm³/mol. The van der Waals surface area contributed by atoms with E-state index in [9.17, 15) is 0 Å². The van der Waals surface area contributed by atoms with Crippen LogP contribution in [0.2, 0.25) is 0 Å². The summed E-state index contributed by atoms with van der Waals surface area (Å²) in [5.41, 5.74) is 6.74. The number of hydrogen-bond acceptors (Lipinski definition) is 12. The van der Waals surface area contributed by atoms with E-state index in [1.54, 1.807) is 9.59 Å². The molecular formula is C50H68Cl4N14O. The number of aryl methyl sites for hydroxylation is 2. The summed E-state index contributed by atoms with van der Waals surface area (Å²) < 4.78 is 0. The van der Waals surface area contributed by atoms with Crippen molar-refractivity contribution in [2.75, 3.05) is 64.0 Å². The quantitative estimate of drug-likeness (QED) is 0.199. The van der Waals surface area contributed by atoms with Crippen LogP contribution >= 0.6 is 49.6 Å². The number of piperazine rings is 2. The van der Waals surface area contributed by atoms with Crippen LogP contribution in [0.4, 0.5) is 11.6 Å². The van der Waals surface area contributed by atoms with Gasteiger partial charge in [-0.2, -0.15) is 9.59 Å². The molecule has 69 heavy (non-hydrogen) atoms. The lowest BCUT2D eigenvalue weighted by atomic mass is 10.0. The molecule has 10 rings (SSSR count). The fraction of sp³-hybridized carbons (Fsp3) is 0.400. The molecule has 0 radical (unpaired) electrons. The van der Waals surface area contributed by atoms with Gasteiger partial charge >= 0.3 is 0 Å². The summed E-state index contributed by atoms with van der Waals surface area (Å²) in [7, 11) is 4.49. The highest BCUT2D eigenvalue weighted by Gasteiger charge is 2.32. The maximum Gasteiger partial charge on any atom is 0.182 e. The zero-order valence-electron chi connectivity index (χ0n) is 40.3. The molecule has 4 aliphatic rings. The first-order valence-corrected chi connectivity index (χ1v) is 23.0. The summed E-state index contributed by atoms with van der Waals surface area (Å²) in [5.74, 6) is 1.60. The summed E-state index contributed by atoms with van der Waals surface area (Å²) in [4.78, 5) is 23.1. The number of fused-ring (bicyclic) bond motifs is 4. The Bertz CT molecular complexity index is 2620. The third-order valence-corrected chi connectivity index (χ3v) is 12.9. The van der Waals surface area contributed by atoms with Crippen molar-refractivity contribution in [2.45, 2.75) is 77.5 Å². The van der Waals surface area contributed by atoms with Crippen molar-refractivity contribution < 1.29 is 5.48 Å². The normalized spacial score (nSPS) is 17.2. The van der Waals surface area contributed by atoms with Crippen LogP contribution in [-0.2, 0) is 12.8 Å². The highest BCUT2D eigenvalue weighted by Crippen LogP contribution is 2.28. The van der Waals surface area contributed by atoms with Crippen LogP contribution in [0.3, 0.4) is 0 Å². The van der Waals surface area contributed by atoms with E-state index in [1.807, 2.05) is 36.9 Å². The number of benzene rings is 2. The zero-order valence-corrected chi connectivity index (χ0v) is 43.5. The van der Waals surface area contributed by atoms with Gasteiger partial charge in [0.15, 0.2) is 23.0 Å². The predicted octanol–water partition coefficient (Wildman–Crippen LogP) is 4.51. The van der Waals surface area contributed by atoms with Gasteiger partial charge in [-0.05, 0) is 103 Å². The van der Waals surface area contributed by atoms with Crippen LogP contribution in [0.25, 0.3) is 23.8 Å². The molecule has 0 amide bonds. The van der Waals surface area contributed by atoms with E-state index in [-0.39, 0.29) is 67.2 Å². The Morgan fingerprint density at radius 3 is 1.29 bits per heavy atom. The molecule has 15 nitrogen and oxygen atoms in total. The summed E-state index contributed by atoms with van der Waals surface area (Å²) in [5, 5.41) is 30.1. The number of nitrogens with one attached hydrogen (secondary N) is 2. The molecule has 372 valence electrons. The molecule has 2 unspecified atom stereocenters. The molecule has 2 aromatic carbocycles. The average Bonchev–Trinajstić information content (AvgIpc) is 3.87. The van der Waals surface area contributed by atoms with Gasteiger partial charge in [-0.25, -0.2) is 0 Å². The van der Waals surface area contributed by atoms with E-state index in [2.05, 4.69) is 145 Å². The molecule has 0 saturated carbocycles. The molecular weight excluding hydrogens is 954 g/mol. The van der Waals surface area contributed by atoms with Crippen molar-refractivity contribution in [3.63, 3.8) is 0 Å². The number of likely N-dealkylation sites (N-methyl/N-ethyl adjacent to an activating group) is 2. The third kappa shape index (κ3) is 12.7. The van der Waals surface area contributed by atoms with Gasteiger partial charge in [0.05, 0.1) is 34.2 Å². The molecule has 4 aliphatic heterocycles. The maximum atomic E-state index is 4.89. The summed E-state index contributed by atoms with van der Waals surface area (Å²) in [6.07, 6.45) is 12.1. The van der Waals surface area contributed by atoms with E-state index in [1.165, 1.54) is 11.1 Å². The number of rotatable bonds is 10. The van der Waals surface area contributed by atoms with Gasteiger partial charge in [-0.3, -0.25) is 19.8 Å². The SMILES string of the molecule is CC(C)n1nc2c(n1)C(N1CCN(C)C(CCc3ccccc3)C1)=c1ncccc1=CN2.CC(C)n1nc2c(n1)C(N1CCN(C)C(CCc3ccccc3)C1)=c1ncccc1=CN2.Cl.Cl.Cl.Cl.O. The highest BCUT2D eigenvalue weighted by molar-refractivity contribution is 5.86. The van der Waals surface area contributed by atoms with Crippen LogP contribution in [0.15, 0.2) is 97.3 Å². The molecule has 2 saturated heterocycles. The first-order chi connectivity index (χ1) is 31.2. The highest BCUT2D eigenvalue weighted by atomic mass is 35.5. The second-order valence-corrected chi connectivity index (χ2v) is 18.0.